The van der Waals surface area contributed by atoms with Gasteiger partial charge in [-0.05, 0) is 75.7 Å². The number of amides is 4. The fourth-order valence-corrected chi connectivity index (χ4v) is 7.63. The summed E-state index contributed by atoms with van der Waals surface area (Å²) < 4.78 is 10.5. The van der Waals surface area contributed by atoms with Gasteiger partial charge in [0, 0.05) is 4.88 Å². The first-order valence-electron chi connectivity index (χ1n) is 13.3. The first kappa shape index (κ1) is 28.1. The number of imide groups is 1. The quantitative estimate of drug-likeness (QED) is 0.392. The molecule has 2 heterocycles. The molecule has 38 heavy (non-hydrogen) atoms. The smallest absolute Gasteiger partial charge is 0.341 e. The molecule has 11 heteroatoms. The Morgan fingerprint density at radius 1 is 1.18 bits per heavy atom. The van der Waals surface area contributed by atoms with Crippen LogP contribution in [-0.4, -0.2) is 59.5 Å². The van der Waals surface area contributed by atoms with E-state index in [9.17, 15) is 24.0 Å². The second-order valence-corrected chi connectivity index (χ2v) is 12.6. The number of anilines is 1. The predicted octanol–water partition coefficient (Wildman–Crippen LogP) is 3.81. The number of nitrogens with one attached hydrogen (secondary N) is 2. The molecule has 2 fully saturated rings. The zero-order chi connectivity index (χ0) is 27.8. The first-order valence-corrected chi connectivity index (χ1v) is 14.1. The molecule has 1 aromatic rings. The Morgan fingerprint density at radius 2 is 1.89 bits per heavy atom. The Kier molecular flexibility index (Phi) is 7.88. The highest BCUT2D eigenvalue weighted by atomic mass is 32.1. The lowest BCUT2D eigenvalue weighted by Gasteiger charge is -2.43. The number of urea groups is 1. The van der Waals surface area contributed by atoms with Crippen molar-refractivity contribution in [1.29, 1.82) is 0 Å². The van der Waals surface area contributed by atoms with E-state index in [1.54, 1.807) is 6.92 Å². The van der Waals surface area contributed by atoms with Crippen LogP contribution < -0.4 is 10.6 Å². The van der Waals surface area contributed by atoms with Crippen LogP contribution in [0.25, 0.3) is 0 Å². The number of hydrogen-bond donors (Lipinski definition) is 2. The van der Waals surface area contributed by atoms with E-state index in [2.05, 4.69) is 31.4 Å². The summed E-state index contributed by atoms with van der Waals surface area (Å²) in [4.78, 5) is 66.2. The van der Waals surface area contributed by atoms with E-state index in [0.29, 0.717) is 23.4 Å². The van der Waals surface area contributed by atoms with Crippen molar-refractivity contribution in [2.45, 2.75) is 91.2 Å². The number of fused-ring (bicyclic) bond motifs is 1. The van der Waals surface area contributed by atoms with Crippen molar-refractivity contribution in [1.82, 2.24) is 10.2 Å². The molecule has 0 aromatic carbocycles. The van der Waals surface area contributed by atoms with Crippen LogP contribution in [0.5, 0.6) is 0 Å². The van der Waals surface area contributed by atoms with Gasteiger partial charge < -0.3 is 20.1 Å². The Hall–Kier alpha value is -2.95. The van der Waals surface area contributed by atoms with E-state index >= 15 is 0 Å². The van der Waals surface area contributed by atoms with Gasteiger partial charge in [-0.15, -0.1) is 11.3 Å². The topological polar surface area (TPSA) is 131 Å². The van der Waals surface area contributed by atoms with Crippen LogP contribution in [-0.2, 0) is 36.7 Å². The molecule has 208 valence electrons. The molecule has 1 saturated carbocycles. The standard InChI is InChI=1S/C27H37N3O7S/c1-6-36-23(33)20-17-9-7-8-10-18(17)38-22(20)28-21(32)16(3)37-19(31)13-30-24(34)27(29-25(30)35)12-15(2)11-26(4,5)14-27/h15-16H,6-14H2,1-5H3,(H,28,32)(H,29,35)/t15-,16+,27-/m0/s1. The average Bonchev–Trinajstić information content (AvgIpc) is 3.27. The molecule has 4 amide bonds. The second-order valence-electron chi connectivity index (χ2n) is 11.5. The number of nitrogens with zero attached hydrogens (tertiary/aromatic N) is 1. The van der Waals surface area contributed by atoms with E-state index in [-0.39, 0.29) is 17.9 Å². The molecule has 4 rings (SSSR count). The lowest BCUT2D eigenvalue weighted by molar-refractivity contribution is -0.155. The monoisotopic (exact) mass is 547 g/mol. The summed E-state index contributed by atoms with van der Waals surface area (Å²) in [7, 11) is 0. The molecule has 0 radical (unpaired) electrons. The maximum Gasteiger partial charge on any atom is 0.341 e. The third-order valence-corrected chi connectivity index (χ3v) is 8.68. The minimum atomic E-state index is -1.21. The van der Waals surface area contributed by atoms with Gasteiger partial charge in [-0.1, -0.05) is 20.8 Å². The van der Waals surface area contributed by atoms with Crippen LogP contribution in [0.1, 0.15) is 87.5 Å². The predicted molar refractivity (Wildman–Crippen MR) is 141 cm³/mol. The van der Waals surface area contributed by atoms with Crippen LogP contribution in [0.2, 0.25) is 0 Å². The van der Waals surface area contributed by atoms with E-state index < -0.39 is 48.0 Å². The molecule has 2 N–H and O–H groups in total. The normalized spacial score (nSPS) is 25.0. The van der Waals surface area contributed by atoms with Gasteiger partial charge in [0.05, 0.1) is 12.2 Å². The van der Waals surface area contributed by atoms with Gasteiger partial charge in [-0.3, -0.25) is 19.3 Å². The second kappa shape index (κ2) is 10.7. The van der Waals surface area contributed by atoms with E-state index in [0.717, 1.165) is 47.4 Å². The Bertz CT molecular complexity index is 1160. The van der Waals surface area contributed by atoms with Crippen molar-refractivity contribution in [3.05, 3.63) is 16.0 Å². The van der Waals surface area contributed by atoms with Crippen LogP contribution in [0, 0.1) is 11.3 Å². The summed E-state index contributed by atoms with van der Waals surface area (Å²) in [6.07, 6.45) is 4.28. The van der Waals surface area contributed by atoms with Crippen molar-refractivity contribution in [2.24, 2.45) is 11.3 Å². The van der Waals surface area contributed by atoms with E-state index in [1.807, 2.05) is 0 Å². The molecular weight excluding hydrogens is 510 g/mol. The van der Waals surface area contributed by atoms with E-state index in [1.165, 1.54) is 18.3 Å². The van der Waals surface area contributed by atoms with Crippen LogP contribution in [0.3, 0.4) is 0 Å². The third-order valence-electron chi connectivity index (χ3n) is 7.48. The largest absolute Gasteiger partial charge is 0.462 e. The Morgan fingerprint density at radius 3 is 2.58 bits per heavy atom. The van der Waals surface area contributed by atoms with Crippen LogP contribution in [0.15, 0.2) is 0 Å². The van der Waals surface area contributed by atoms with Crippen molar-refractivity contribution < 1.29 is 33.4 Å². The third kappa shape index (κ3) is 5.57. The summed E-state index contributed by atoms with van der Waals surface area (Å²) >= 11 is 1.34. The molecule has 3 aliphatic rings. The molecule has 1 aromatic heterocycles. The molecule has 1 aliphatic heterocycles. The summed E-state index contributed by atoms with van der Waals surface area (Å²) in [6.45, 7) is 8.95. The number of esters is 2. The molecule has 1 spiro atoms. The number of thiophene rings is 1. The van der Waals surface area contributed by atoms with Crippen molar-refractivity contribution >= 4 is 46.1 Å². The van der Waals surface area contributed by atoms with Crippen molar-refractivity contribution in [3.63, 3.8) is 0 Å². The minimum absolute atomic E-state index is 0.132. The molecule has 2 aliphatic carbocycles. The maximum absolute atomic E-state index is 13.3. The highest BCUT2D eigenvalue weighted by Crippen LogP contribution is 2.46. The molecule has 10 nitrogen and oxygen atoms in total. The summed E-state index contributed by atoms with van der Waals surface area (Å²) in [5.41, 5.74) is 0.122. The lowest BCUT2D eigenvalue weighted by Crippen LogP contribution is -2.54. The molecule has 1 saturated heterocycles. The zero-order valence-electron chi connectivity index (χ0n) is 22.7. The van der Waals surface area contributed by atoms with Gasteiger partial charge in [0.25, 0.3) is 11.8 Å². The Balaban J connectivity index is 1.40. The maximum atomic E-state index is 13.3. The van der Waals surface area contributed by atoms with Crippen LogP contribution >= 0.6 is 11.3 Å². The lowest BCUT2D eigenvalue weighted by atomic mass is 9.64. The molecule has 0 unspecified atom stereocenters. The molecule has 0 bridgehead atoms. The molecule has 3 atom stereocenters. The summed E-state index contributed by atoms with van der Waals surface area (Å²) in [6, 6.07) is -0.628. The van der Waals surface area contributed by atoms with Gasteiger partial charge in [0.1, 0.15) is 17.1 Å². The number of aryl methyl sites for hydroxylation is 1. The number of carbonyl (C=O) groups excluding carboxylic acids is 5. The van der Waals surface area contributed by atoms with Gasteiger partial charge in [-0.25, -0.2) is 9.59 Å². The van der Waals surface area contributed by atoms with Gasteiger partial charge in [0.15, 0.2) is 6.10 Å². The van der Waals surface area contributed by atoms with E-state index in [4.69, 9.17) is 9.47 Å². The van der Waals surface area contributed by atoms with Crippen LogP contribution in [0.4, 0.5) is 9.80 Å². The minimum Gasteiger partial charge on any atom is -0.462 e. The van der Waals surface area contributed by atoms with Gasteiger partial charge in [-0.2, -0.15) is 0 Å². The van der Waals surface area contributed by atoms with Gasteiger partial charge in [0.2, 0.25) is 0 Å². The molecular formula is C27H37N3O7S. The highest BCUT2D eigenvalue weighted by molar-refractivity contribution is 7.17. The number of rotatable bonds is 7. The van der Waals surface area contributed by atoms with Crippen molar-refractivity contribution in [2.75, 3.05) is 18.5 Å². The van der Waals surface area contributed by atoms with Gasteiger partial charge >= 0.3 is 18.0 Å². The summed E-state index contributed by atoms with van der Waals surface area (Å²) in [5.74, 6) is -2.16. The number of hydrogen-bond acceptors (Lipinski definition) is 8. The summed E-state index contributed by atoms with van der Waals surface area (Å²) in [5, 5.41) is 5.94. The SMILES string of the molecule is CCOC(=O)c1c(NC(=O)[C@@H](C)OC(=O)CN2C(=O)N[C@]3(C[C@@H](C)CC(C)(C)C3)C2=O)sc2c1CCCC2. The number of ether oxygens (including phenoxy) is 2. The fourth-order valence-electron chi connectivity index (χ4n) is 6.35. The number of carbonyl (C=O) groups is 5. The highest BCUT2D eigenvalue weighted by Gasteiger charge is 2.56. The zero-order valence-corrected chi connectivity index (χ0v) is 23.5. The average molecular weight is 548 g/mol. The first-order chi connectivity index (χ1) is 17.9. The van der Waals surface area contributed by atoms with Crippen molar-refractivity contribution in [3.8, 4) is 0 Å². The fraction of sp³-hybridized carbons (Fsp3) is 0.667. The Labute approximate surface area is 226 Å².